The molecule has 1 spiro atoms. The number of carboxylic acid groups (broad SMARTS) is 1. The number of hydrogen-bond donors (Lipinski definition) is 1. The van der Waals surface area contributed by atoms with E-state index in [1.807, 2.05) is 13.0 Å². The molecule has 42 heavy (non-hydrogen) atoms. The molecular weight excluding hydrogens is 572 g/mol. The van der Waals surface area contributed by atoms with E-state index < -0.39 is 39.8 Å². The minimum atomic E-state index is -4.00. The van der Waals surface area contributed by atoms with Gasteiger partial charge in [0.15, 0.2) is 11.2 Å². The number of alkyl halides is 2. The first-order valence-corrected chi connectivity index (χ1v) is 14.6. The van der Waals surface area contributed by atoms with Gasteiger partial charge in [-0.25, -0.2) is 22.2 Å². The quantitative estimate of drug-likeness (QED) is 0.338. The maximum Gasteiger partial charge on any atom is 0.304 e. The first kappa shape index (κ1) is 28.1. The molecular formula is C28H27F2N5O6S. The van der Waals surface area contributed by atoms with Crippen LogP contribution in [0.5, 0.6) is 5.88 Å². The molecule has 220 valence electrons. The molecule has 5 heterocycles. The van der Waals surface area contributed by atoms with Gasteiger partial charge in [-0.1, -0.05) is 18.2 Å². The van der Waals surface area contributed by atoms with Gasteiger partial charge >= 0.3 is 5.97 Å². The third kappa shape index (κ3) is 4.78. The molecule has 0 unspecified atom stereocenters. The first-order chi connectivity index (χ1) is 20.0. The standard InChI is InChI=1S/C28H27F2N5O6S/c1-16-5-6-18(21(11-23(36)37)20-7-9-35-25(17(20)2)32-33-26(35)24(29)30)10-19(16)12-34-13-28(14-40-15-28)41-27-22(42(34,38)39)4-3-8-31-27/h3-10,21,24H,11-15H2,1-2H3,(H,36,37)/t21-/m1/s1. The van der Waals surface area contributed by atoms with Crippen molar-refractivity contribution in [1.29, 1.82) is 0 Å². The fourth-order valence-corrected chi connectivity index (χ4v) is 7.10. The number of aromatic nitrogens is 4. The van der Waals surface area contributed by atoms with Crippen molar-refractivity contribution in [1.82, 2.24) is 23.9 Å². The van der Waals surface area contributed by atoms with Crippen molar-refractivity contribution in [3.8, 4) is 5.88 Å². The summed E-state index contributed by atoms with van der Waals surface area (Å²) < 4.78 is 68.4. The number of pyridine rings is 2. The Bertz CT molecular complexity index is 1810. The molecule has 1 saturated heterocycles. The van der Waals surface area contributed by atoms with Gasteiger partial charge in [0, 0.05) is 24.9 Å². The van der Waals surface area contributed by atoms with Crippen LogP contribution in [-0.2, 0) is 26.1 Å². The van der Waals surface area contributed by atoms with Crippen LogP contribution < -0.4 is 4.74 Å². The monoisotopic (exact) mass is 599 g/mol. The molecule has 0 amide bonds. The van der Waals surface area contributed by atoms with Gasteiger partial charge in [0.05, 0.1) is 26.2 Å². The van der Waals surface area contributed by atoms with E-state index in [1.165, 1.54) is 33.2 Å². The summed E-state index contributed by atoms with van der Waals surface area (Å²) in [6.45, 7) is 4.01. The number of aryl methyl sites for hydroxylation is 2. The summed E-state index contributed by atoms with van der Waals surface area (Å²) >= 11 is 0. The van der Waals surface area contributed by atoms with Crippen LogP contribution in [0.3, 0.4) is 0 Å². The fourth-order valence-electron chi connectivity index (χ4n) is 5.54. The van der Waals surface area contributed by atoms with Gasteiger partial charge in [-0.15, -0.1) is 10.2 Å². The Balaban J connectivity index is 1.40. The van der Waals surface area contributed by atoms with E-state index in [9.17, 15) is 27.1 Å². The molecule has 14 heteroatoms. The van der Waals surface area contributed by atoms with Gasteiger partial charge in [0.1, 0.15) is 4.90 Å². The number of hydrogen-bond acceptors (Lipinski definition) is 8. The van der Waals surface area contributed by atoms with Crippen LogP contribution in [0.1, 0.15) is 52.4 Å². The third-order valence-electron chi connectivity index (χ3n) is 7.83. The maximum atomic E-state index is 13.8. The SMILES string of the molecule is Cc1ccc([C@@H](CC(=O)O)c2ccn3c(C(F)F)nnc3c2C)cc1CN1CC2(COC2)Oc2ncccc2S1(=O)=O. The van der Waals surface area contributed by atoms with Crippen molar-refractivity contribution in [2.24, 2.45) is 0 Å². The molecule has 1 N–H and O–H groups in total. The molecule has 1 aromatic carbocycles. The van der Waals surface area contributed by atoms with Gasteiger partial charge < -0.3 is 14.6 Å². The van der Waals surface area contributed by atoms with Crippen molar-refractivity contribution in [3.05, 3.63) is 82.4 Å². The zero-order valence-corrected chi connectivity index (χ0v) is 23.5. The molecule has 2 aliphatic rings. The highest BCUT2D eigenvalue weighted by Gasteiger charge is 2.49. The molecule has 4 aromatic rings. The van der Waals surface area contributed by atoms with Gasteiger partial charge in [0.25, 0.3) is 6.43 Å². The van der Waals surface area contributed by atoms with Crippen LogP contribution in [0.25, 0.3) is 5.65 Å². The lowest BCUT2D eigenvalue weighted by atomic mass is 9.85. The van der Waals surface area contributed by atoms with Crippen molar-refractivity contribution in [2.45, 2.75) is 49.7 Å². The van der Waals surface area contributed by atoms with Gasteiger partial charge in [-0.3, -0.25) is 9.20 Å². The first-order valence-electron chi connectivity index (χ1n) is 13.1. The molecule has 1 fully saturated rings. The van der Waals surface area contributed by atoms with Crippen LogP contribution in [-0.4, -0.2) is 68.7 Å². The zero-order chi connectivity index (χ0) is 29.8. The summed E-state index contributed by atoms with van der Waals surface area (Å²) in [4.78, 5) is 16.1. The normalized spacial score (nSPS) is 18.3. The zero-order valence-electron chi connectivity index (χ0n) is 22.7. The molecule has 2 aliphatic heterocycles. The Kier molecular flexibility index (Phi) is 6.94. The number of aliphatic carboxylic acids is 1. The molecule has 0 aliphatic carbocycles. The minimum absolute atomic E-state index is 0.00118. The van der Waals surface area contributed by atoms with Crippen molar-refractivity contribution in [3.63, 3.8) is 0 Å². The Labute approximate surface area is 239 Å². The van der Waals surface area contributed by atoms with Gasteiger partial charge in [0.2, 0.25) is 21.7 Å². The van der Waals surface area contributed by atoms with Crippen LogP contribution >= 0.6 is 0 Å². The van der Waals surface area contributed by atoms with E-state index in [2.05, 4.69) is 15.2 Å². The summed E-state index contributed by atoms with van der Waals surface area (Å²) in [6.07, 6.45) is -0.224. The number of carbonyl (C=O) groups is 1. The van der Waals surface area contributed by atoms with E-state index in [-0.39, 0.29) is 49.1 Å². The Morgan fingerprint density at radius 2 is 1.95 bits per heavy atom. The summed E-state index contributed by atoms with van der Waals surface area (Å²) in [6, 6.07) is 10.0. The fraction of sp³-hybridized carbons (Fsp3) is 0.357. The topological polar surface area (TPSA) is 136 Å². The predicted octanol–water partition coefficient (Wildman–Crippen LogP) is 3.64. The van der Waals surface area contributed by atoms with Crippen LogP contribution in [0.2, 0.25) is 0 Å². The van der Waals surface area contributed by atoms with Crippen molar-refractivity contribution >= 4 is 21.6 Å². The Morgan fingerprint density at radius 3 is 2.64 bits per heavy atom. The van der Waals surface area contributed by atoms with E-state index in [0.29, 0.717) is 22.3 Å². The third-order valence-corrected chi connectivity index (χ3v) is 9.63. The predicted molar refractivity (Wildman–Crippen MR) is 144 cm³/mol. The number of sulfonamides is 1. The second-order valence-electron chi connectivity index (χ2n) is 10.6. The van der Waals surface area contributed by atoms with E-state index in [1.54, 1.807) is 25.1 Å². The molecule has 0 radical (unpaired) electrons. The molecule has 0 saturated carbocycles. The van der Waals surface area contributed by atoms with Crippen molar-refractivity contribution < 1.29 is 36.6 Å². The number of fused-ring (bicyclic) bond motifs is 2. The lowest BCUT2D eigenvalue weighted by Crippen LogP contribution is -2.60. The molecule has 6 rings (SSSR count). The van der Waals surface area contributed by atoms with Crippen molar-refractivity contribution in [2.75, 3.05) is 19.8 Å². The summed E-state index contributed by atoms with van der Waals surface area (Å²) in [5.41, 5.74) is 2.57. The Morgan fingerprint density at radius 1 is 1.17 bits per heavy atom. The van der Waals surface area contributed by atoms with E-state index in [4.69, 9.17) is 9.47 Å². The minimum Gasteiger partial charge on any atom is -0.481 e. The van der Waals surface area contributed by atoms with E-state index in [0.717, 1.165) is 5.56 Å². The number of carboxylic acids is 1. The highest BCUT2D eigenvalue weighted by atomic mass is 32.2. The number of rotatable bonds is 7. The van der Waals surface area contributed by atoms with Crippen LogP contribution in [0.4, 0.5) is 8.78 Å². The maximum absolute atomic E-state index is 13.8. The largest absolute Gasteiger partial charge is 0.481 e. The molecule has 0 bridgehead atoms. The Hall–Kier alpha value is -4.01. The highest BCUT2D eigenvalue weighted by molar-refractivity contribution is 7.89. The summed E-state index contributed by atoms with van der Waals surface area (Å²) in [7, 11) is -4.00. The van der Waals surface area contributed by atoms with E-state index >= 15 is 0 Å². The number of ether oxygens (including phenoxy) is 2. The second-order valence-corrected chi connectivity index (χ2v) is 12.5. The average molecular weight is 600 g/mol. The average Bonchev–Trinajstić information content (AvgIpc) is 3.33. The van der Waals surface area contributed by atoms with Gasteiger partial charge in [-0.05, 0) is 59.9 Å². The number of halogens is 2. The lowest BCUT2D eigenvalue weighted by molar-refractivity contribution is -0.166. The smallest absolute Gasteiger partial charge is 0.304 e. The van der Waals surface area contributed by atoms with Gasteiger partial charge in [-0.2, -0.15) is 4.31 Å². The van der Waals surface area contributed by atoms with Crippen LogP contribution in [0, 0.1) is 13.8 Å². The van der Waals surface area contributed by atoms with Crippen LogP contribution in [0.15, 0.2) is 53.7 Å². The lowest BCUT2D eigenvalue weighted by Gasteiger charge is -2.41. The second kappa shape index (κ2) is 10.4. The molecule has 1 atom stereocenters. The molecule has 3 aromatic heterocycles. The summed E-state index contributed by atoms with van der Waals surface area (Å²) in [5.74, 6) is -2.19. The highest BCUT2D eigenvalue weighted by Crippen LogP contribution is 2.38. The summed E-state index contributed by atoms with van der Waals surface area (Å²) in [5, 5.41) is 17.3. The number of nitrogens with zero attached hydrogens (tertiary/aromatic N) is 5. The molecule has 11 nitrogen and oxygen atoms in total. The number of benzene rings is 1.